The predicted octanol–water partition coefficient (Wildman–Crippen LogP) is 2.16. The highest BCUT2D eigenvalue weighted by Crippen LogP contribution is 2.31. The normalized spacial score (nSPS) is 14.7. The minimum Gasteiger partial charge on any atom is -0.497 e. The molecule has 4 rings (SSSR count). The van der Waals surface area contributed by atoms with E-state index in [1.807, 2.05) is 12.1 Å². The maximum absolute atomic E-state index is 11.2. The molecule has 1 aliphatic rings. The Morgan fingerprint density at radius 2 is 2.33 bits per heavy atom. The number of aromatic nitrogens is 3. The fraction of sp³-hybridized carbons (Fsp3) is 0.294. The van der Waals surface area contributed by atoms with Gasteiger partial charge in [-0.25, -0.2) is 4.79 Å². The van der Waals surface area contributed by atoms with Crippen molar-refractivity contribution in [2.24, 2.45) is 0 Å². The lowest BCUT2D eigenvalue weighted by molar-refractivity contribution is 0.0688. The molecule has 124 valence electrons. The Balaban J connectivity index is 1.63. The summed E-state index contributed by atoms with van der Waals surface area (Å²) in [7, 11) is 1.67. The highest BCUT2D eigenvalue weighted by Gasteiger charge is 2.23. The second-order valence-electron chi connectivity index (χ2n) is 6.03. The SMILES string of the molecule is COc1ccc2[nH]c3c(c2c1)CN(Cc1cn[nH]c1C(=O)O)CC3. The van der Waals surface area contributed by atoms with Crippen molar-refractivity contribution in [3.8, 4) is 5.75 Å². The maximum Gasteiger partial charge on any atom is 0.354 e. The number of carboxylic acids is 1. The Morgan fingerprint density at radius 1 is 1.46 bits per heavy atom. The molecule has 0 atom stereocenters. The molecule has 7 heteroatoms. The molecule has 3 aromatic rings. The van der Waals surface area contributed by atoms with Crippen molar-refractivity contribution < 1.29 is 14.6 Å². The van der Waals surface area contributed by atoms with Crippen LogP contribution in [0, 0.1) is 0 Å². The van der Waals surface area contributed by atoms with Gasteiger partial charge < -0.3 is 14.8 Å². The molecule has 1 aromatic carbocycles. The van der Waals surface area contributed by atoms with Crippen molar-refractivity contribution in [3.05, 3.63) is 46.9 Å². The Labute approximate surface area is 138 Å². The number of aromatic carboxylic acids is 1. The van der Waals surface area contributed by atoms with Crippen LogP contribution in [0.15, 0.2) is 24.4 Å². The summed E-state index contributed by atoms with van der Waals surface area (Å²) in [6, 6.07) is 6.04. The first-order valence-electron chi connectivity index (χ1n) is 7.81. The topological polar surface area (TPSA) is 94.2 Å². The van der Waals surface area contributed by atoms with Gasteiger partial charge in [-0.3, -0.25) is 10.00 Å². The number of carboxylic acid groups (broad SMARTS) is 1. The zero-order valence-corrected chi connectivity index (χ0v) is 13.3. The van der Waals surface area contributed by atoms with Gasteiger partial charge in [-0.1, -0.05) is 0 Å². The van der Waals surface area contributed by atoms with Crippen LogP contribution in [0.2, 0.25) is 0 Å². The third-order valence-corrected chi connectivity index (χ3v) is 4.59. The Bertz CT molecular complexity index is 912. The number of methoxy groups -OCH3 is 1. The molecule has 24 heavy (non-hydrogen) atoms. The van der Waals surface area contributed by atoms with Crippen LogP contribution in [0.5, 0.6) is 5.75 Å². The molecule has 3 heterocycles. The van der Waals surface area contributed by atoms with Gasteiger partial charge in [-0.05, 0) is 23.8 Å². The summed E-state index contributed by atoms with van der Waals surface area (Å²) >= 11 is 0. The average Bonchev–Trinajstić information content (AvgIpc) is 3.18. The minimum absolute atomic E-state index is 0.168. The lowest BCUT2D eigenvalue weighted by Crippen LogP contribution is -2.30. The number of carbonyl (C=O) groups is 1. The largest absolute Gasteiger partial charge is 0.497 e. The number of hydrogen-bond donors (Lipinski definition) is 3. The van der Waals surface area contributed by atoms with E-state index in [9.17, 15) is 9.90 Å². The fourth-order valence-electron chi connectivity index (χ4n) is 3.37. The van der Waals surface area contributed by atoms with E-state index in [4.69, 9.17) is 4.74 Å². The van der Waals surface area contributed by atoms with Crippen LogP contribution in [0.4, 0.5) is 0 Å². The number of rotatable bonds is 4. The number of nitrogens with zero attached hydrogens (tertiary/aromatic N) is 2. The highest BCUT2D eigenvalue weighted by molar-refractivity contribution is 5.87. The molecule has 0 fully saturated rings. The Morgan fingerprint density at radius 3 is 3.12 bits per heavy atom. The van der Waals surface area contributed by atoms with Crippen LogP contribution < -0.4 is 4.74 Å². The monoisotopic (exact) mass is 326 g/mol. The van der Waals surface area contributed by atoms with Gasteiger partial charge in [-0.2, -0.15) is 5.10 Å². The van der Waals surface area contributed by atoms with Crippen LogP contribution in [0.25, 0.3) is 10.9 Å². The van der Waals surface area contributed by atoms with Crippen molar-refractivity contribution in [1.82, 2.24) is 20.1 Å². The standard InChI is InChI=1S/C17H18N4O3/c1-24-11-2-3-14-12(6-11)13-9-21(5-4-15(13)19-14)8-10-7-18-20-16(10)17(22)23/h2-3,6-7,19H,4-5,8-9H2,1H3,(H,18,20)(H,22,23). The van der Waals surface area contributed by atoms with Gasteiger partial charge in [0.1, 0.15) is 11.4 Å². The molecule has 7 nitrogen and oxygen atoms in total. The number of nitrogens with one attached hydrogen (secondary N) is 2. The van der Waals surface area contributed by atoms with Crippen LogP contribution in [-0.4, -0.2) is 44.8 Å². The molecule has 0 radical (unpaired) electrons. The van der Waals surface area contributed by atoms with E-state index in [1.54, 1.807) is 13.3 Å². The summed E-state index contributed by atoms with van der Waals surface area (Å²) in [6.45, 7) is 2.21. The smallest absolute Gasteiger partial charge is 0.354 e. The van der Waals surface area contributed by atoms with Crippen molar-refractivity contribution in [2.75, 3.05) is 13.7 Å². The van der Waals surface area contributed by atoms with E-state index >= 15 is 0 Å². The molecule has 0 saturated heterocycles. The van der Waals surface area contributed by atoms with Gasteiger partial charge in [0.05, 0.1) is 13.3 Å². The molecule has 0 bridgehead atoms. The van der Waals surface area contributed by atoms with E-state index in [0.29, 0.717) is 12.1 Å². The lowest BCUT2D eigenvalue weighted by atomic mass is 10.0. The molecule has 0 amide bonds. The fourth-order valence-corrected chi connectivity index (χ4v) is 3.37. The molecule has 2 aromatic heterocycles. The molecule has 0 spiro atoms. The number of hydrogen-bond acceptors (Lipinski definition) is 4. The third-order valence-electron chi connectivity index (χ3n) is 4.59. The van der Waals surface area contributed by atoms with Crippen molar-refractivity contribution in [2.45, 2.75) is 19.5 Å². The summed E-state index contributed by atoms with van der Waals surface area (Å²) in [5.74, 6) is -0.138. The molecule has 0 saturated carbocycles. The van der Waals surface area contributed by atoms with Gasteiger partial charge in [-0.15, -0.1) is 0 Å². The molecule has 3 N–H and O–H groups in total. The number of aromatic amines is 2. The van der Waals surface area contributed by atoms with Crippen LogP contribution in [0.1, 0.15) is 27.3 Å². The van der Waals surface area contributed by atoms with Gasteiger partial charge in [0.2, 0.25) is 0 Å². The number of benzene rings is 1. The van der Waals surface area contributed by atoms with Gasteiger partial charge in [0.15, 0.2) is 0 Å². The summed E-state index contributed by atoms with van der Waals surface area (Å²) in [6.07, 6.45) is 2.50. The summed E-state index contributed by atoms with van der Waals surface area (Å²) < 4.78 is 5.33. The van der Waals surface area contributed by atoms with Crippen molar-refractivity contribution >= 4 is 16.9 Å². The number of ether oxygens (including phenoxy) is 1. The summed E-state index contributed by atoms with van der Waals surface area (Å²) in [5, 5.41) is 16.8. The molecule has 1 aliphatic heterocycles. The number of H-pyrrole nitrogens is 2. The van der Waals surface area contributed by atoms with E-state index in [0.717, 1.165) is 30.8 Å². The second kappa shape index (κ2) is 5.68. The van der Waals surface area contributed by atoms with Gasteiger partial charge in [0.25, 0.3) is 0 Å². The highest BCUT2D eigenvalue weighted by atomic mass is 16.5. The predicted molar refractivity (Wildman–Crippen MR) is 88.2 cm³/mol. The zero-order valence-electron chi connectivity index (χ0n) is 13.3. The first-order valence-corrected chi connectivity index (χ1v) is 7.81. The molecular formula is C17H18N4O3. The van der Waals surface area contributed by atoms with E-state index in [1.165, 1.54) is 16.6 Å². The zero-order chi connectivity index (χ0) is 16.7. The third kappa shape index (κ3) is 2.43. The average molecular weight is 326 g/mol. The first-order chi connectivity index (χ1) is 11.7. The second-order valence-corrected chi connectivity index (χ2v) is 6.03. The molecular weight excluding hydrogens is 308 g/mol. The maximum atomic E-state index is 11.2. The number of fused-ring (bicyclic) bond motifs is 3. The van der Waals surface area contributed by atoms with Gasteiger partial charge in [0, 0.05) is 48.2 Å². The lowest BCUT2D eigenvalue weighted by Gasteiger charge is -2.26. The van der Waals surface area contributed by atoms with Crippen molar-refractivity contribution in [1.29, 1.82) is 0 Å². The van der Waals surface area contributed by atoms with Crippen molar-refractivity contribution in [3.63, 3.8) is 0 Å². The summed E-state index contributed by atoms with van der Waals surface area (Å²) in [5.41, 5.74) is 4.50. The van der Waals surface area contributed by atoms with Crippen LogP contribution in [0.3, 0.4) is 0 Å². The van der Waals surface area contributed by atoms with E-state index in [2.05, 4.69) is 26.1 Å². The summed E-state index contributed by atoms with van der Waals surface area (Å²) in [4.78, 5) is 16.9. The first kappa shape index (κ1) is 14.8. The van der Waals surface area contributed by atoms with Crippen LogP contribution in [-0.2, 0) is 19.5 Å². The Kier molecular flexibility index (Phi) is 3.50. The van der Waals surface area contributed by atoms with Gasteiger partial charge >= 0.3 is 5.97 Å². The van der Waals surface area contributed by atoms with E-state index < -0.39 is 5.97 Å². The quantitative estimate of drug-likeness (QED) is 0.683. The minimum atomic E-state index is -0.975. The molecule has 0 aliphatic carbocycles. The van der Waals surface area contributed by atoms with Crippen LogP contribution >= 0.6 is 0 Å². The Hall–Kier alpha value is -2.80. The molecule has 0 unspecified atom stereocenters. The van der Waals surface area contributed by atoms with E-state index in [-0.39, 0.29) is 5.69 Å².